The number of ether oxygens (including phenoxy) is 2. The number of benzene rings is 1. The van der Waals surface area contributed by atoms with Crippen LogP contribution in [-0.2, 0) is 9.47 Å². The van der Waals surface area contributed by atoms with Crippen molar-refractivity contribution in [1.82, 2.24) is 5.32 Å². The summed E-state index contributed by atoms with van der Waals surface area (Å²) >= 11 is 5.82. The Kier molecular flexibility index (Phi) is 6.42. The Morgan fingerprint density at radius 3 is 3.10 bits per heavy atom. The number of hydrogen-bond acceptors (Lipinski definition) is 3. The van der Waals surface area contributed by atoms with Crippen molar-refractivity contribution in [3.63, 3.8) is 0 Å². The summed E-state index contributed by atoms with van der Waals surface area (Å²) in [5.41, 5.74) is 0.276. The molecule has 1 fully saturated rings. The molecule has 6 heteroatoms. The van der Waals surface area contributed by atoms with E-state index < -0.39 is 5.82 Å². The zero-order chi connectivity index (χ0) is 15.1. The van der Waals surface area contributed by atoms with Gasteiger partial charge in [0.2, 0.25) is 0 Å². The fourth-order valence-corrected chi connectivity index (χ4v) is 2.39. The molecule has 1 atom stereocenters. The van der Waals surface area contributed by atoms with Crippen molar-refractivity contribution in [2.45, 2.75) is 25.4 Å². The molecule has 1 aromatic rings. The van der Waals surface area contributed by atoms with Crippen molar-refractivity contribution in [3.8, 4) is 0 Å². The SMILES string of the molecule is O=C(NCCCOCC1CCCO1)c1ccc(F)cc1Cl. The van der Waals surface area contributed by atoms with Crippen LogP contribution in [0.5, 0.6) is 0 Å². The van der Waals surface area contributed by atoms with E-state index in [4.69, 9.17) is 21.1 Å². The van der Waals surface area contributed by atoms with E-state index in [0.29, 0.717) is 26.2 Å². The number of nitrogens with one attached hydrogen (secondary N) is 1. The van der Waals surface area contributed by atoms with Gasteiger partial charge in [-0.3, -0.25) is 4.79 Å². The van der Waals surface area contributed by atoms with Crippen molar-refractivity contribution >= 4 is 17.5 Å². The Labute approximate surface area is 128 Å². The number of rotatable bonds is 7. The van der Waals surface area contributed by atoms with Gasteiger partial charge in [-0.25, -0.2) is 4.39 Å². The van der Waals surface area contributed by atoms with Crippen LogP contribution in [0, 0.1) is 5.82 Å². The molecular formula is C15H19ClFNO3. The molecule has 0 aromatic heterocycles. The maximum Gasteiger partial charge on any atom is 0.252 e. The second kappa shape index (κ2) is 8.32. The number of hydrogen-bond donors (Lipinski definition) is 1. The van der Waals surface area contributed by atoms with Crippen molar-refractivity contribution < 1.29 is 18.7 Å². The first-order chi connectivity index (χ1) is 10.2. The van der Waals surface area contributed by atoms with Crippen LogP contribution in [-0.4, -0.2) is 38.4 Å². The standard InChI is InChI=1S/C15H19ClFNO3/c16-14-9-11(17)4-5-13(14)15(19)18-6-2-7-20-10-12-3-1-8-21-12/h4-5,9,12H,1-3,6-8,10H2,(H,18,19). The van der Waals surface area contributed by atoms with E-state index in [1.165, 1.54) is 12.1 Å². The highest BCUT2D eigenvalue weighted by Crippen LogP contribution is 2.17. The molecule has 4 nitrogen and oxygen atoms in total. The lowest BCUT2D eigenvalue weighted by Gasteiger charge is -2.10. The Bertz CT molecular complexity index is 478. The second-order valence-electron chi connectivity index (χ2n) is 4.94. The van der Waals surface area contributed by atoms with Crippen molar-refractivity contribution in [2.24, 2.45) is 0 Å². The molecule has 1 saturated heterocycles. The topological polar surface area (TPSA) is 47.6 Å². The van der Waals surface area contributed by atoms with Crippen LogP contribution in [0.3, 0.4) is 0 Å². The third-order valence-corrected chi connectivity index (χ3v) is 3.57. The molecule has 21 heavy (non-hydrogen) atoms. The first-order valence-electron chi connectivity index (χ1n) is 7.09. The lowest BCUT2D eigenvalue weighted by Crippen LogP contribution is -2.26. The Morgan fingerprint density at radius 2 is 2.38 bits per heavy atom. The lowest BCUT2D eigenvalue weighted by atomic mass is 10.2. The van der Waals surface area contributed by atoms with Crippen LogP contribution in [0.25, 0.3) is 0 Å². The van der Waals surface area contributed by atoms with Crippen molar-refractivity contribution in [2.75, 3.05) is 26.4 Å². The molecule has 0 saturated carbocycles. The third-order valence-electron chi connectivity index (χ3n) is 3.25. The smallest absolute Gasteiger partial charge is 0.252 e. The largest absolute Gasteiger partial charge is 0.379 e. The second-order valence-corrected chi connectivity index (χ2v) is 5.35. The van der Waals surface area contributed by atoms with Gasteiger partial charge in [0, 0.05) is 19.8 Å². The van der Waals surface area contributed by atoms with Gasteiger partial charge >= 0.3 is 0 Å². The van der Waals surface area contributed by atoms with E-state index in [1.54, 1.807) is 0 Å². The Morgan fingerprint density at radius 1 is 1.52 bits per heavy atom. The molecular weight excluding hydrogens is 297 g/mol. The summed E-state index contributed by atoms with van der Waals surface area (Å²) in [4.78, 5) is 11.8. The molecule has 0 spiro atoms. The molecule has 1 unspecified atom stereocenters. The maximum absolute atomic E-state index is 12.9. The van der Waals surface area contributed by atoms with E-state index in [9.17, 15) is 9.18 Å². The van der Waals surface area contributed by atoms with Crippen LogP contribution in [0.2, 0.25) is 5.02 Å². The summed E-state index contributed by atoms with van der Waals surface area (Å²) in [7, 11) is 0. The number of halogens is 2. The van der Waals surface area contributed by atoms with Gasteiger partial charge in [-0.05, 0) is 37.5 Å². The summed E-state index contributed by atoms with van der Waals surface area (Å²) in [5, 5.41) is 2.84. The van der Waals surface area contributed by atoms with Crippen LogP contribution in [0.1, 0.15) is 29.6 Å². The van der Waals surface area contributed by atoms with E-state index in [-0.39, 0.29) is 22.6 Å². The lowest BCUT2D eigenvalue weighted by molar-refractivity contribution is 0.0166. The minimum absolute atomic E-state index is 0.113. The molecule has 0 radical (unpaired) electrons. The molecule has 1 aliphatic heterocycles. The quantitative estimate of drug-likeness (QED) is 0.787. The zero-order valence-electron chi connectivity index (χ0n) is 11.7. The average molecular weight is 316 g/mol. The van der Waals surface area contributed by atoms with E-state index in [1.807, 2.05) is 0 Å². The minimum atomic E-state index is -0.459. The predicted molar refractivity (Wildman–Crippen MR) is 78.2 cm³/mol. The fraction of sp³-hybridized carbons (Fsp3) is 0.533. The molecule has 1 heterocycles. The number of amides is 1. The highest BCUT2D eigenvalue weighted by atomic mass is 35.5. The summed E-state index contributed by atoms with van der Waals surface area (Å²) in [6.45, 7) is 2.48. The molecule has 2 rings (SSSR count). The predicted octanol–water partition coefficient (Wildman–Crippen LogP) is 2.79. The third kappa shape index (κ3) is 5.26. The van der Waals surface area contributed by atoms with Gasteiger partial charge < -0.3 is 14.8 Å². The normalized spacial score (nSPS) is 17.9. The summed E-state index contributed by atoms with van der Waals surface area (Å²) < 4.78 is 23.8. The van der Waals surface area contributed by atoms with E-state index >= 15 is 0 Å². The molecule has 1 amide bonds. The number of carbonyl (C=O) groups is 1. The highest BCUT2D eigenvalue weighted by Gasteiger charge is 2.15. The first-order valence-corrected chi connectivity index (χ1v) is 7.47. The molecule has 0 aliphatic carbocycles. The fourth-order valence-electron chi connectivity index (χ4n) is 2.14. The van der Waals surface area contributed by atoms with E-state index in [2.05, 4.69) is 5.32 Å². The van der Waals surface area contributed by atoms with Gasteiger partial charge in [0.25, 0.3) is 5.91 Å². The van der Waals surface area contributed by atoms with Crippen molar-refractivity contribution in [1.29, 1.82) is 0 Å². The van der Waals surface area contributed by atoms with E-state index in [0.717, 1.165) is 25.5 Å². The van der Waals surface area contributed by atoms with Gasteiger partial charge in [0.05, 0.1) is 23.3 Å². The van der Waals surface area contributed by atoms with Crippen molar-refractivity contribution in [3.05, 3.63) is 34.6 Å². The summed E-state index contributed by atoms with van der Waals surface area (Å²) in [6, 6.07) is 3.72. The molecule has 1 aromatic carbocycles. The molecule has 1 aliphatic rings. The Hall–Kier alpha value is -1.17. The minimum Gasteiger partial charge on any atom is -0.379 e. The van der Waals surface area contributed by atoms with Crippen LogP contribution in [0.4, 0.5) is 4.39 Å². The van der Waals surface area contributed by atoms with Gasteiger partial charge in [0.1, 0.15) is 5.82 Å². The number of carbonyl (C=O) groups excluding carboxylic acids is 1. The zero-order valence-corrected chi connectivity index (χ0v) is 12.5. The first kappa shape index (κ1) is 16.2. The Balaban J connectivity index is 1.60. The van der Waals surface area contributed by atoms with Crippen LogP contribution < -0.4 is 5.32 Å². The van der Waals surface area contributed by atoms with Gasteiger partial charge in [-0.2, -0.15) is 0 Å². The highest BCUT2D eigenvalue weighted by molar-refractivity contribution is 6.33. The van der Waals surface area contributed by atoms with Crippen LogP contribution >= 0.6 is 11.6 Å². The van der Waals surface area contributed by atoms with Gasteiger partial charge in [0.15, 0.2) is 0 Å². The molecule has 1 N–H and O–H groups in total. The molecule has 0 bridgehead atoms. The summed E-state index contributed by atoms with van der Waals surface area (Å²) in [5.74, 6) is -0.766. The monoisotopic (exact) mass is 315 g/mol. The van der Waals surface area contributed by atoms with Gasteiger partial charge in [-0.15, -0.1) is 0 Å². The summed E-state index contributed by atoms with van der Waals surface area (Å²) in [6.07, 6.45) is 3.08. The average Bonchev–Trinajstić information content (AvgIpc) is 2.95. The van der Waals surface area contributed by atoms with Crippen LogP contribution in [0.15, 0.2) is 18.2 Å². The maximum atomic E-state index is 12.9. The molecule has 116 valence electrons. The van der Waals surface area contributed by atoms with Gasteiger partial charge in [-0.1, -0.05) is 11.6 Å².